The zero-order valence-electron chi connectivity index (χ0n) is 14.0. The molecular formula is C18H29ClN2O. The first kappa shape index (κ1) is 19.0. The topological polar surface area (TPSA) is 32.3 Å². The Morgan fingerprint density at radius 1 is 1.36 bits per heavy atom. The van der Waals surface area contributed by atoms with Crippen molar-refractivity contribution in [1.29, 1.82) is 0 Å². The molecule has 1 N–H and O–H groups in total. The second-order valence-electron chi connectivity index (χ2n) is 6.76. The second kappa shape index (κ2) is 8.54. The third-order valence-electron chi connectivity index (χ3n) is 4.66. The molecule has 1 saturated heterocycles. The van der Waals surface area contributed by atoms with Crippen molar-refractivity contribution in [2.75, 3.05) is 26.7 Å². The van der Waals surface area contributed by atoms with Crippen LogP contribution in [0.5, 0.6) is 0 Å². The first-order valence-corrected chi connectivity index (χ1v) is 8.01. The Bertz CT molecular complexity index is 465. The second-order valence-corrected chi connectivity index (χ2v) is 6.76. The predicted octanol–water partition coefficient (Wildman–Crippen LogP) is 3.14. The molecule has 0 aromatic heterocycles. The molecular weight excluding hydrogens is 296 g/mol. The van der Waals surface area contributed by atoms with Gasteiger partial charge in [0.15, 0.2) is 0 Å². The minimum absolute atomic E-state index is 0. The van der Waals surface area contributed by atoms with E-state index in [0.717, 1.165) is 38.9 Å². The van der Waals surface area contributed by atoms with Crippen LogP contribution in [-0.2, 0) is 11.2 Å². The molecule has 1 aliphatic rings. The summed E-state index contributed by atoms with van der Waals surface area (Å²) in [4.78, 5) is 14.4. The summed E-state index contributed by atoms with van der Waals surface area (Å²) < 4.78 is 0. The Morgan fingerprint density at radius 3 is 2.68 bits per heavy atom. The molecule has 1 fully saturated rings. The van der Waals surface area contributed by atoms with Crippen molar-refractivity contribution < 1.29 is 4.79 Å². The molecule has 1 heterocycles. The number of halogens is 1. The lowest BCUT2D eigenvalue weighted by Gasteiger charge is -2.26. The van der Waals surface area contributed by atoms with Gasteiger partial charge in [-0.15, -0.1) is 12.4 Å². The van der Waals surface area contributed by atoms with E-state index in [-0.39, 0.29) is 23.7 Å². The van der Waals surface area contributed by atoms with Gasteiger partial charge in [-0.3, -0.25) is 4.79 Å². The van der Waals surface area contributed by atoms with Gasteiger partial charge >= 0.3 is 0 Å². The van der Waals surface area contributed by atoms with E-state index in [4.69, 9.17) is 0 Å². The normalized spacial score (nSPS) is 22.2. The molecule has 2 rings (SSSR count). The van der Waals surface area contributed by atoms with Gasteiger partial charge in [0.2, 0.25) is 5.91 Å². The van der Waals surface area contributed by atoms with Crippen molar-refractivity contribution in [3.63, 3.8) is 0 Å². The molecule has 0 spiro atoms. The molecule has 2 atom stereocenters. The van der Waals surface area contributed by atoms with E-state index in [0.29, 0.717) is 5.91 Å². The van der Waals surface area contributed by atoms with E-state index >= 15 is 0 Å². The Hall–Kier alpha value is -1.06. The summed E-state index contributed by atoms with van der Waals surface area (Å²) in [5.41, 5.74) is 1.66. The van der Waals surface area contributed by atoms with Crippen molar-refractivity contribution in [2.45, 2.75) is 33.1 Å². The van der Waals surface area contributed by atoms with Gasteiger partial charge in [0, 0.05) is 25.6 Å². The molecule has 2 unspecified atom stereocenters. The quantitative estimate of drug-likeness (QED) is 0.872. The van der Waals surface area contributed by atoms with Crippen LogP contribution in [0.3, 0.4) is 0 Å². The van der Waals surface area contributed by atoms with Crippen LogP contribution in [0.15, 0.2) is 30.3 Å². The average Bonchev–Trinajstić information content (AvgIpc) is 2.89. The van der Waals surface area contributed by atoms with Crippen LogP contribution in [0.1, 0.15) is 32.3 Å². The lowest BCUT2D eigenvalue weighted by Crippen LogP contribution is -2.38. The zero-order chi connectivity index (χ0) is 15.3. The van der Waals surface area contributed by atoms with Gasteiger partial charge in [0.05, 0.1) is 0 Å². The van der Waals surface area contributed by atoms with Crippen LogP contribution in [0, 0.1) is 11.3 Å². The summed E-state index contributed by atoms with van der Waals surface area (Å²) in [6.45, 7) is 6.92. The largest absolute Gasteiger partial charge is 0.342 e. The fraction of sp³-hybridized carbons (Fsp3) is 0.611. The van der Waals surface area contributed by atoms with Crippen molar-refractivity contribution >= 4 is 18.3 Å². The van der Waals surface area contributed by atoms with Gasteiger partial charge in [-0.25, -0.2) is 0 Å². The van der Waals surface area contributed by atoms with Crippen LogP contribution in [0.4, 0.5) is 0 Å². The molecule has 1 amide bonds. The number of nitrogens with one attached hydrogen (secondary N) is 1. The highest BCUT2D eigenvalue weighted by molar-refractivity contribution is 5.85. The average molecular weight is 325 g/mol. The molecule has 0 radical (unpaired) electrons. The van der Waals surface area contributed by atoms with Crippen molar-refractivity contribution in [1.82, 2.24) is 10.2 Å². The van der Waals surface area contributed by atoms with Gasteiger partial charge in [0.1, 0.15) is 0 Å². The Labute approximate surface area is 140 Å². The maximum atomic E-state index is 12.4. The highest BCUT2D eigenvalue weighted by Crippen LogP contribution is 2.35. The molecule has 0 bridgehead atoms. The lowest BCUT2D eigenvalue weighted by molar-refractivity contribution is -0.134. The van der Waals surface area contributed by atoms with Crippen LogP contribution >= 0.6 is 12.4 Å². The molecule has 1 aliphatic heterocycles. The number of amides is 1. The van der Waals surface area contributed by atoms with Gasteiger partial charge in [0.25, 0.3) is 0 Å². The van der Waals surface area contributed by atoms with Crippen LogP contribution in [0.2, 0.25) is 0 Å². The molecule has 1 aromatic rings. The maximum Gasteiger partial charge on any atom is 0.226 e. The van der Waals surface area contributed by atoms with Gasteiger partial charge in [-0.05, 0) is 37.3 Å². The van der Waals surface area contributed by atoms with Gasteiger partial charge in [-0.1, -0.05) is 44.2 Å². The number of hydrogen-bond acceptors (Lipinski definition) is 2. The molecule has 22 heavy (non-hydrogen) atoms. The smallest absolute Gasteiger partial charge is 0.226 e. The summed E-state index contributed by atoms with van der Waals surface area (Å²) in [6, 6.07) is 10.6. The van der Waals surface area contributed by atoms with Crippen LogP contribution in [-0.4, -0.2) is 37.5 Å². The van der Waals surface area contributed by atoms with Crippen molar-refractivity contribution in [2.24, 2.45) is 11.3 Å². The van der Waals surface area contributed by atoms with E-state index in [1.807, 2.05) is 14.0 Å². The SMILES string of the molecule is CNCC(C)C(=O)N1CCC(C)(CCc2ccccc2)C1.Cl. The molecule has 4 heteroatoms. The highest BCUT2D eigenvalue weighted by Gasteiger charge is 2.36. The van der Waals surface area contributed by atoms with E-state index < -0.39 is 0 Å². The Balaban J connectivity index is 0.00000242. The number of carbonyl (C=O) groups is 1. The number of aryl methyl sites for hydroxylation is 1. The minimum Gasteiger partial charge on any atom is -0.342 e. The standard InChI is InChI=1S/C18H28N2O.ClH/c1-15(13-19-3)17(21)20-12-11-18(2,14-20)10-9-16-7-5-4-6-8-16;/h4-8,15,19H,9-14H2,1-3H3;1H. The number of nitrogens with zero attached hydrogens (tertiary/aromatic N) is 1. The van der Waals surface area contributed by atoms with E-state index in [2.05, 4.69) is 47.5 Å². The zero-order valence-corrected chi connectivity index (χ0v) is 14.8. The first-order chi connectivity index (χ1) is 10.0. The highest BCUT2D eigenvalue weighted by atomic mass is 35.5. The molecule has 124 valence electrons. The number of rotatable bonds is 6. The number of likely N-dealkylation sites (tertiary alicyclic amines) is 1. The van der Waals surface area contributed by atoms with Gasteiger partial charge in [-0.2, -0.15) is 0 Å². The monoisotopic (exact) mass is 324 g/mol. The van der Waals surface area contributed by atoms with Gasteiger partial charge < -0.3 is 10.2 Å². The maximum absolute atomic E-state index is 12.4. The number of hydrogen-bond donors (Lipinski definition) is 1. The third kappa shape index (κ3) is 4.99. The first-order valence-electron chi connectivity index (χ1n) is 8.01. The van der Waals surface area contributed by atoms with E-state index in [1.165, 1.54) is 5.56 Å². The van der Waals surface area contributed by atoms with Crippen molar-refractivity contribution in [3.05, 3.63) is 35.9 Å². The number of benzene rings is 1. The summed E-state index contributed by atoms with van der Waals surface area (Å²) in [5, 5.41) is 3.09. The Morgan fingerprint density at radius 2 is 2.05 bits per heavy atom. The number of carbonyl (C=O) groups excluding carboxylic acids is 1. The summed E-state index contributed by atoms with van der Waals surface area (Å²) in [6.07, 6.45) is 3.38. The van der Waals surface area contributed by atoms with Crippen molar-refractivity contribution in [3.8, 4) is 0 Å². The molecule has 3 nitrogen and oxygen atoms in total. The molecule has 1 aromatic carbocycles. The summed E-state index contributed by atoms with van der Waals surface area (Å²) >= 11 is 0. The third-order valence-corrected chi connectivity index (χ3v) is 4.66. The molecule has 0 aliphatic carbocycles. The summed E-state index contributed by atoms with van der Waals surface area (Å²) in [5.74, 6) is 0.374. The van der Waals surface area contributed by atoms with Crippen LogP contribution < -0.4 is 5.32 Å². The summed E-state index contributed by atoms with van der Waals surface area (Å²) in [7, 11) is 1.90. The fourth-order valence-corrected chi connectivity index (χ4v) is 3.21. The fourth-order valence-electron chi connectivity index (χ4n) is 3.21. The minimum atomic E-state index is 0. The molecule has 0 saturated carbocycles. The lowest BCUT2D eigenvalue weighted by atomic mass is 9.83. The Kier molecular flexibility index (Phi) is 7.37. The van der Waals surface area contributed by atoms with E-state index in [1.54, 1.807) is 0 Å². The van der Waals surface area contributed by atoms with Crippen LogP contribution in [0.25, 0.3) is 0 Å². The predicted molar refractivity (Wildman–Crippen MR) is 94.4 cm³/mol. The van der Waals surface area contributed by atoms with E-state index in [9.17, 15) is 4.79 Å².